The number of hydrogen-bond donors (Lipinski definition) is 0. The molecule has 1 fully saturated rings. The van der Waals surface area contributed by atoms with Crippen LogP contribution in [-0.2, 0) is 4.79 Å². The van der Waals surface area contributed by atoms with Gasteiger partial charge in [-0.1, -0.05) is 6.42 Å². The van der Waals surface area contributed by atoms with E-state index in [4.69, 9.17) is 0 Å². The van der Waals surface area contributed by atoms with Crippen molar-refractivity contribution in [1.82, 2.24) is 4.90 Å². The van der Waals surface area contributed by atoms with E-state index in [0.29, 0.717) is 0 Å². The molecule has 4 heteroatoms. The molecule has 0 aromatic carbocycles. The summed E-state index contributed by atoms with van der Waals surface area (Å²) in [5, 5.41) is 7.74. The van der Waals surface area contributed by atoms with Crippen molar-refractivity contribution in [3.8, 4) is 0 Å². The summed E-state index contributed by atoms with van der Waals surface area (Å²) in [5.74, 6) is 0. The second-order valence-electron chi connectivity index (χ2n) is 3.48. The zero-order valence-corrected chi connectivity index (χ0v) is 7.52. The van der Waals surface area contributed by atoms with Crippen molar-refractivity contribution in [1.29, 1.82) is 0 Å². The Hall–Kier alpha value is -1.03. The van der Waals surface area contributed by atoms with E-state index in [0.717, 1.165) is 32.2 Å². The Morgan fingerprint density at radius 2 is 2.08 bits per heavy atom. The molecule has 1 atom stereocenters. The topological polar surface area (TPSA) is 45.0 Å². The lowest BCUT2D eigenvalue weighted by molar-refractivity contribution is -0.116. The Labute approximate surface area is 77.3 Å². The summed E-state index contributed by atoms with van der Waals surface area (Å²) < 4.78 is 0. The predicted octanol–water partition coefficient (Wildman–Crippen LogP) is 1.35. The zero-order valence-electron chi connectivity index (χ0n) is 7.52. The van der Waals surface area contributed by atoms with Gasteiger partial charge in [-0.2, -0.15) is 10.2 Å². The molecule has 0 aromatic heterocycles. The highest BCUT2D eigenvalue weighted by Gasteiger charge is 2.36. The van der Waals surface area contributed by atoms with E-state index >= 15 is 0 Å². The van der Waals surface area contributed by atoms with Gasteiger partial charge < -0.3 is 0 Å². The van der Waals surface area contributed by atoms with E-state index in [-0.39, 0.29) is 0 Å². The van der Waals surface area contributed by atoms with Crippen LogP contribution in [0.1, 0.15) is 19.3 Å². The van der Waals surface area contributed by atoms with Crippen LogP contribution < -0.4 is 0 Å². The largest absolute Gasteiger partial charge is 0.299 e. The molecule has 13 heavy (non-hydrogen) atoms. The van der Waals surface area contributed by atoms with Crippen LogP contribution in [0.5, 0.6) is 0 Å². The summed E-state index contributed by atoms with van der Waals surface area (Å²) in [6, 6.07) is 0. The summed E-state index contributed by atoms with van der Waals surface area (Å²) >= 11 is 0. The van der Waals surface area contributed by atoms with E-state index < -0.39 is 5.66 Å². The van der Waals surface area contributed by atoms with Crippen LogP contribution in [0, 0.1) is 0 Å². The van der Waals surface area contributed by atoms with Gasteiger partial charge in [0.05, 0.1) is 0 Å². The van der Waals surface area contributed by atoms with Gasteiger partial charge in [0.25, 0.3) is 0 Å². The van der Waals surface area contributed by atoms with Gasteiger partial charge in [-0.25, -0.2) is 0 Å². The van der Waals surface area contributed by atoms with Gasteiger partial charge in [-0.15, -0.1) is 0 Å². The van der Waals surface area contributed by atoms with Crippen molar-refractivity contribution in [3.05, 3.63) is 12.3 Å². The highest BCUT2D eigenvalue weighted by Crippen LogP contribution is 2.25. The molecule has 0 aliphatic carbocycles. The molecule has 1 unspecified atom stereocenters. The molecule has 0 amide bonds. The van der Waals surface area contributed by atoms with E-state index in [1.54, 1.807) is 12.3 Å². The van der Waals surface area contributed by atoms with Crippen LogP contribution >= 0.6 is 0 Å². The minimum atomic E-state index is -0.763. The number of hydrogen-bond acceptors (Lipinski definition) is 4. The Morgan fingerprint density at radius 3 is 2.62 bits per heavy atom. The van der Waals surface area contributed by atoms with Gasteiger partial charge in [0.1, 0.15) is 0 Å². The average Bonchev–Trinajstić information content (AvgIpc) is 2.69. The smallest absolute Gasteiger partial charge is 0.210 e. The minimum absolute atomic E-state index is 0.763. The lowest BCUT2D eigenvalue weighted by Crippen LogP contribution is -2.48. The van der Waals surface area contributed by atoms with Crippen LogP contribution in [-0.4, -0.2) is 29.9 Å². The van der Waals surface area contributed by atoms with Crippen LogP contribution in [0.15, 0.2) is 22.5 Å². The standard InChI is InChI=1S/C9H13N3O/c13-8-9(4-5-10-11-9)12-6-2-1-3-7-12/h4-5,8H,1-3,6-7H2. The molecule has 1 saturated heterocycles. The maximum absolute atomic E-state index is 11.0. The number of rotatable bonds is 2. The third-order valence-electron chi connectivity index (χ3n) is 2.64. The lowest BCUT2D eigenvalue weighted by atomic mass is 10.1. The molecule has 0 radical (unpaired) electrons. The lowest BCUT2D eigenvalue weighted by Gasteiger charge is -2.34. The van der Waals surface area contributed by atoms with Crippen LogP contribution in [0.25, 0.3) is 0 Å². The second-order valence-corrected chi connectivity index (χ2v) is 3.48. The number of carbonyl (C=O) groups excluding carboxylic acids is 1. The Kier molecular flexibility index (Phi) is 2.22. The summed E-state index contributed by atoms with van der Waals surface area (Å²) in [7, 11) is 0. The highest BCUT2D eigenvalue weighted by molar-refractivity contribution is 5.68. The molecule has 0 N–H and O–H groups in total. The molecular formula is C9H13N3O. The zero-order chi connectivity index (χ0) is 9.15. The van der Waals surface area contributed by atoms with Crippen LogP contribution in [0.2, 0.25) is 0 Å². The fourth-order valence-corrected chi connectivity index (χ4v) is 1.86. The van der Waals surface area contributed by atoms with Gasteiger partial charge in [0.15, 0.2) is 6.29 Å². The van der Waals surface area contributed by atoms with E-state index in [1.165, 1.54) is 6.42 Å². The molecule has 2 aliphatic rings. The van der Waals surface area contributed by atoms with Crippen molar-refractivity contribution in [2.75, 3.05) is 13.1 Å². The Morgan fingerprint density at radius 1 is 1.31 bits per heavy atom. The normalized spacial score (nSPS) is 33.8. The third-order valence-corrected chi connectivity index (χ3v) is 2.64. The maximum Gasteiger partial charge on any atom is 0.210 e. The maximum atomic E-state index is 11.0. The first-order chi connectivity index (χ1) is 6.37. The molecule has 2 rings (SSSR count). The van der Waals surface area contributed by atoms with Crippen molar-refractivity contribution < 1.29 is 4.79 Å². The SMILES string of the molecule is O=CC1(N2CCCCC2)C=CN=N1. The van der Waals surface area contributed by atoms with Gasteiger partial charge in [0.2, 0.25) is 5.66 Å². The molecule has 0 saturated carbocycles. The molecule has 0 spiro atoms. The fourth-order valence-electron chi connectivity index (χ4n) is 1.86. The van der Waals surface area contributed by atoms with Gasteiger partial charge in [-0.05, 0) is 18.9 Å². The predicted molar refractivity (Wildman–Crippen MR) is 48.2 cm³/mol. The van der Waals surface area contributed by atoms with E-state index in [2.05, 4.69) is 15.1 Å². The first kappa shape index (κ1) is 8.56. The van der Waals surface area contributed by atoms with Gasteiger partial charge in [-0.3, -0.25) is 9.69 Å². The summed E-state index contributed by atoms with van der Waals surface area (Å²) in [6.45, 7) is 1.89. The van der Waals surface area contributed by atoms with E-state index in [1.807, 2.05) is 0 Å². The van der Waals surface area contributed by atoms with Crippen LogP contribution in [0.3, 0.4) is 0 Å². The quantitative estimate of drug-likeness (QED) is 0.600. The number of aldehydes is 1. The van der Waals surface area contributed by atoms with E-state index in [9.17, 15) is 4.79 Å². The van der Waals surface area contributed by atoms with Crippen molar-refractivity contribution in [2.24, 2.45) is 10.2 Å². The summed E-state index contributed by atoms with van der Waals surface area (Å²) in [4.78, 5) is 13.1. The first-order valence-electron chi connectivity index (χ1n) is 4.68. The molecule has 2 heterocycles. The highest BCUT2D eigenvalue weighted by atomic mass is 16.1. The Bertz CT molecular complexity index is 242. The number of nitrogens with zero attached hydrogens (tertiary/aromatic N) is 3. The molecule has 0 bridgehead atoms. The molecular weight excluding hydrogens is 166 g/mol. The monoisotopic (exact) mass is 179 g/mol. The molecule has 70 valence electrons. The van der Waals surface area contributed by atoms with Crippen LogP contribution in [0.4, 0.5) is 0 Å². The van der Waals surface area contributed by atoms with Crippen molar-refractivity contribution in [2.45, 2.75) is 24.9 Å². The summed E-state index contributed by atoms with van der Waals surface area (Å²) in [6.07, 6.45) is 7.81. The molecule has 0 aromatic rings. The number of likely N-dealkylation sites (tertiary alicyclic amines) is 1. The van der Waals surface area contributed by atoms with Crippen molar-refractivity contribution in [3.63, 3.8) is 0 Å². The summed E-state index contributed by atoms with van der Waals surface area (Å²) in [5.41, 5.74) is -0.763. The average molecular weight is 179 g/mol. The van der Waals surface area contributed by atoms with Gasteiger partial charge in [0, 0.05) is 19.3 Å². The number of piperidine rings is 1. The molecule has 4 nitrogen and oxygen atoms in total. The van der Waals surface area contributed by atoms with Gasteiger partial charge >= 0.3 is 0 Å². The first-order valence-corrected chi connectivity index (χ1v) is 4.68. The minimum Gasteiger partial charge on any atom is -0.299 e. The van der Waals surface area contributed by atoms with Crippen molar-refractivity contribution >= 4 is 6.29 Å². The second kappa shape index (κ2) is 3.38. The Balaban J connectivity index is 2.15. The fraction of sp³-hybridized carbons (Fsp3) is 0.667. The third kappa shape index (κ3) is 1.42. The number of azo groups is 1. The number of carbonyl (C=O) groups is 1. The molecule has 2 aliphatic heterocycles.